The quantitative estimate of drug-likeness (QED) is 0.455. The monoisotopic (exact) mass is 496 g/mol. The van der Waals surface area contributed by atoms with Gasteiger partial charge in [-0.15, -0.1) is 0 Å². The SMILES string of the molecule is Cc1nn(C2CCN(C)CC2)cc1Nc1ncc(C(F)(F)F)c(NCCCNC(=O)C2COC2)n1. The van der Waals surface area contributed by atoms with Gasteiger partial charge in [0, 0.05) is 25.5 Å². The van der Waals surface area contributed by atoms with E-state index in [1.165, 1.54) is 0 Å². The number of hydrogen-bond acceptors (Lipinski definition) is 8. The Morgan fingerprint density at radius 1 is 1.23 bits per heavy atom. The van der Waals surface area contributed by atoms with Gasteiger partial charge in [0.15, 0.2) is 0 Å². The van der Waals surface area contributed by atoms with Crippen molar-refractivity contribution in [3.8, 4) is 0 Å². The zero-order valence-corrected chi connectivity index (χ0v) is 19.9. The van der Waals surface area contributed by atoms with E-state index in [1.54, 1.807) is 0 Å². The Hall–Kier alpha value is -2.93. The molecule has 192 valence electrons. The summed E-state index contributed by atoms with van der Waals surface area (Å²) in [6.07, 6.45) is 0.426. The molecule has 0 bridgehead atoms. The van der Waals surface area contributed by atoms with Crippen LogP contribution < -0.4 is 16.0 Å². The summed E-state index contributed by atoms with van der Waals surface area (Å²) < 4.78 is 47.4. The van der Waals surface area contributed by atoms with Crippen LogP contribution in [0.5, 0.6) is 0 Å². The molecule has 2 saturated heterocycles. The number of rotatable bonds is 9. The van der Waals surface area contributed by atoms with Crippen LogP contribution in [0.25, 0.3) is 0 Å². The Morgan fingerprint density at radius 3 is 2.63 bits per heavy atom. The molecule has 2 aliphatic heterocycles. The van der Waals surface area contributed by atoms with Crippen molar-refractivity contribution in [1.29, 1.82) is 0 Å². The third kappa shape index (κ3) is 6.40. The number of ether oxygens (including phenoxy) is 1. The van der Waals surface area contributed by atoms with E-state index < -0.39 is 11.7 Å². The molecule has 2 aliphatic rings. The van der Waals surface area contributed by atoms with Gasteiger partial charge in [-0.05, 0) is 46.3 Å². The van der Waals surface area contributed by atoms with Crippen molar-refractivity contribution < 1.29 is 22.7 Å². The first-order chi connectivity index (χ1) is 16.7. The maximum atomic E-state index is 13.5. The lowest BCUT2D eigenvalue weighted by molar-refractivity contribution is -0.139. The maximum Gasteiger partial charge on any atom is 0.421 e. The number of carbonyl (C=O) groups is 1. The number of piperidine rings is 1. The molecule has 0 aliphatic carbocycles. The van der Waals surface area contributed by atoms with Gasteiger partial charge in [-0.3, -0.25) is 9.48 Å². The molecule has 0 spiro atoms. The molecule has 4 rings (SSSR count). The Balaban J connectivity index is 1.38. The third-order valence-electron chi connectivity index (χ3n) is 6.27. The predicted octanol–water partition coefficient (Wildman–Crippen LogP) is 2.58. The Morgan fingerprint density at radius 2 is 1.97 bits per heavy atom. The average molecular weight is 497 g/mol. The van der Waals surface area contributed by atoms with E-state index in [-0.39, 0.29) is 36.2 Å². The van der Waals surface area contributed by atoms with Gasteiger partial charge in [-0.2, -0.15) is 23.3 Å². The van der Waals surface area contributed by atoms with Crippen molar-refractivity contribution in [2.75, 3.05) is 57.1 Å². The zero-order valence-electron chi connectivity index (χ0n) is 19.9. The molecular formula is C22H31F3N8O2. The highest BCUT2D eigenvalue weighted by atomic mass is 19.4. The van der Waals surface area contributed by atoms with Crippen molar-refractivity contribution in [3.63, 3.8) is 0 Å². The summed E-state index contributed by atoms with van der Waals surface area (Å²) >= 11 is 0. The van der Waals surface area contributed by atoms with Crippen LogP contribution >= 0.6 is 0 Å². The van der Waals surface area contributed by atoms with E-state index in [1.807, 2.05) is 17.8 Å². The first-order valence-electron chi connectivity index (χ1n) is 11.8. The van der Waals surface area contributed by atoms with E-state index in [0.717, 1.165) is 37.8 Å². The molecule has 4 heterocycles. The van der Waals surface area contributed by atoms with Gasteiger partial charge in [-0.25, -0.2) is 4.98 Å². The van der Waals surface area contributed by atoms with Crippen LogP contribution in [-0.4, -0.2) is 77.0 Å². The second-order valence-electron chi connectivity index (χ2n) is 9.03. The van der Waals surface area contributed by atoms with Gasteiger partial charge in [0.25, 0.3) is 0 Å². The third-order valence-corrected chi connectivity index (χ3v) is 6.27. The highest BCUT2D eigenvalue weighted by molar-refractivity contribution is 5.79. The molecule has 2 fully saturated rings. The van der Waals surface area contributed by atoms with Gasteiger partial charge < -0.3 is 25.6 Å². The van der Waals surface area contributed by atoms with E-state index in [2.05, 4.69) is 43.0 Å². The summed E-state index contributed by atoms with van der Waals surface area (Å²) in [5.41, 5.74) is 0.421. The standard InChI is InChI=1S/C22H31F3N8O2/c1-14-18(11-33(31-14)16-4-8-32(2)9-5-16)29-21-28-10-17(22(23,24)25)19(30-21)26-6-3-7-27-20(34)15-12-35-13-15/h10-11,15-16H,3-9,12-13H2,1-2H3,(H,27,34)(H2,26,28,29,30). The number of halogens is 3. The number of aryl methyl sites for hydroxylation is 1. The maximum absolute atomic E-state index is 13.5. The Kier molecular flexibility index (Phi) is 7.75. The number of likely N-dealkylation sites (tertiary alicyclic amines) is 1. The second-order valence-corrected chi connectivity index (χ2v) is 9.03. The molecule has 1 amide bonds. The lowest BCUT2D eigenvalue weighted by Gasteiger charge is -2.28. The number of amides is 1. The predicted molar refractivity (Wildman–Crippen MR) is 123 cm³/mol. The lowest BCUT2D eigenvalue weighted by atomic mass is 10.1. The summed E-state index contributed by atoms with van der Waals surface area (Å²) in [6.45, 7) is 5.17. The molecule has 0 aromatic carbocycles. The van der Waals surface area contributed by atoms with Gasteiger partial charge in [0.05, 0.1) is 36.6 Å². The molecule has 2 aromatic rings. The van der Waals surface area contributed by atoms with Crippen molar-refractivity contribution in [1.82, 2.24) is 30.0 Å². The lowest BCUT2D eigenvalue weighted by Crippen LogP contribution is -2.42. The fourth-order valence-electron chi connectivity index (χ4n) is 3.99. The number of nitrogens with one attached hydrogen (secondary N) is 3. The first-order valence-corrected chi connectivity index (χ1v) is 11.8. The molecule has 2 aromatic heterocycles. The fourth-order valence-corrected chi connectivity index (χ4v) is 3.99. The Bertz CT molecular complexity index is 1020. The molecule has 0 saturated carbocycles. The fraction of sp³-hybridized carbons (Fsp3) is 0.636. The minimum Gasteiger partial charge on any atom is -0.380 e. The van der Waals surface area contributed by atoms with Crippen molar-refractivity contribution >= 4 is 23.4 Å². The number of aromatic nitrogens is 4. The highest BCUT2D eigenvalue weighted by Gasteiger charge is 2.35. The molecule has 0 atom stereocenters. The molecule has 0 unspecified atom stereocenters. The van der Waals surface area contributed by atoms with Crippen LogP contribution in [0.1, 0.15) is 36.6 Å². The van der Waals surface area contributed by atoms with Gasteiger partial charge in [-0.1, -0.05) is 0 Å². The zero-order chi connectivity index (χ0) is 25.0. The number of carbonyl (C=O) groups excluding carboxylic acids is 1. The smallest absolute Gasteiger partial charge is 0.380 e. The first kappa shape index (κ1) is 25.2. The van der Waals surface area contributed by atoms with Gasteiger partial charge in [0.1, 0.15) is 11.4 Å². The average Bonchev–Trinajstić information content (AvgIpc) is 3.12. The van der Waals surface area contributed by atoms with Crippen LogP contribution in [0, 0.1) is 12.8 Å². The molecular weight excluding hydrogens is 465 g/mol. The molecule has 13 heteroatoms. The molecule has 10 nitrogen and oxygen atoms in total. The summed E-state index contributed by atoms with van der Waals surface area (Å²) in [5.74, 6) is -0.502. The molecule has 35 heavy (non-hydrogen) atoms. The van der Waals surface area contributed by atoms with Gasteiger partial charge in [0.2, 0.25) is 11.9 Å². The van der Waals surface area contributed by atoms with Crippen molar-refractivity contribution in [2.45, 2.75) is 38.4 Å². The van der Waals surface area contributed by atoms with Crippen molar-refractivity contribution in [3.05, 3.63) is 23.7 Å². The summed E-state index contributed by atoms with van der Waals surface area (Å²) in [5, 5.41) is 13.1. The Labute approximate surface area is 201 Å². The van der Waals surface area contributed by atoms with Crippen LogP contribution in [0.3, 0.4) is 0 Å². The minimum atomic E-state index is -4.60. The molecule has 0 radical (unpaired) electrons. The number of alkyl halides is 3. The largest absolute Gasteiger partial charge is 0.421 e. The number of anilines is 3. The van der Waals surface area contributed by atoms with Crippen LogP contribution in [0.15, 0.2) is 12.4 Å². The van der Waals surface area contributed by atoms with Gasteiger partial charge >= 0.3 is 6.18 Å². The van der Waals surface area contributed by atoms with E-state index in [0.29, 0.717) is 31.9 Å². The summed E-state index contributed by atoms with van der Waals surface area (Å²) in [6, 6.07) is 0.281. The van der Waals surface area contributed by atoms with E-state index in [4.69, 9.17) is 4.74 Å². The summed E-state index contributed by atoms with van der Waals surface area (Å²) in [7, 11) is 2.09. The molecule has 3 N–H and O–H groups in total. The second kappa shape index (κ2) is 10.8. The van der Waals surface area contributed by atoms with Crippen LogP contribution in [-0.2, 0) is 15.7 Å². The van der Waals surface area contributed by atoms with E-state index >= 15 is 0 Å². The van der Waals surface area contributed by atoms with Crippen molar-refractivity contribution in [2.24, 2.45) is 5.92 Å². The number of nitrogens with zero attached hydrogens (tertiary/aromatic N) is 5. The number of hydrogen-bond donors (Lipinski definition) is 3. The van der Waals surface area contributed by atoms with Crippen LogP contribution in [0.4, 0.5) is 30.6 Å². The highest BCUT2D eigenvalue weighted by Crippen LogP contribution is 2.34. The van der Waals surface area contributed by atoms with Crippen LogP contribution in [0.2, 0.25) is 0 Å². The summed E-state index contributed by atoms with van der Waals surface area (Å²) in [4.78, 5) is 22.1. The normalized spacial score (nSPS) is 17.7. The van der Waals surface area contributed by atoms with E-state index in [9.17, 15) is 18.0 Å². The minimum absolute atomic E-state index is 0.0461. The topological polar surface area (TPSA) is 109 Å².